The standard InChI is InChI=1S/C15H19NO4S/c1-14(2)10-5-6-15(14)9-21(18,19)16(12(15)8-10)13(17)11-4-3-7-20-11/h3-4,7,10,12H,5-6,8-9H2,1-2H3/t10-,12-,15-/m1/s1. The van der Waals surface area contributed by atoms with Crippen LogP contribution in [0.2, 0.25) is 0 Å². The molecule has 2 heterocycles. The lowest BCUT2D eigenvalue weighted by atomic mass is 9.69. The summed E-state index contributed by atoms with van der Waals surface area (Å²) >= 11 is 0. The van der Waals surface area contributed by atoms with Gasteiger partial charge in [-0.15, -0.1) is 0 Å². The quantitative estimate of drug-likeness (QED) is 0.798. The van der Waals surface area contributed by atoms with Gasteiger partial charge in [-0.1, -0.05) is 13.8 Å². The Kier molecular flexibility index (Phi) is 2.37. The number of rotatable bonds is 1. The van der Waals surface area contributed by atoms with E-state index in [2.05, 4.69) is 13.8 Å². The van der Waals surface area contributed by atoms with E-state index in [1.54, 1.807) is 6.07 Å². The smallest absolute Gasteiger partial charge is 0.303 e. The maximum Gasteiger partial charge on any atom is 0.303 e. The van der Waals surface area contributed by atoms with Gasteiger partial charge in [0.1, 0.15) is 0 Å². The number of furan rings is 1. The van der Waals surface area contributed by atoms with Gasteiger partial charge in [-0.2, -0.15) is 0 Å². The summed E-state index contributed by atoms with van der Waals surface area (Å²) in [6.07, 6.45) is 4.16. The molecular weight excluding hydrogens is 290 g/mol. The summed E-state index contributed by atoms with van der Waals surface area (Å²) in [5.41, 5.74) is -0.304. The van der Waals surface area contributed by atoms with Crippen molar-refractivity contribution in [3.8, 4) is 0 Å². The van der Waals surface area contributed by atoms with E-state index >= 15 is 0 Å². The van der Waals surface area contributed by atoms with Crippen molar-refractivity contribution < 1.29 is 17.6 Å². The Hall–Kier alpha value is -1.30. The summed E-state index contributed by atoms with van der Waals surface area (Å²) in [5.74, 6) is 0.201. The van der Waals surface area contributed by atoms with Gasteiger partial charge in [-0.3, -0.25) is 4.79 Å². The zero-order valence-electron chi connectivity index (χ0n) is 12.2. The molecule has 21 heavy (non-hydrogen) atoms. The van der Waals surface area contributed by atoms with Crippen LogP contribution in [0.1, 0.15) is 43.7 Å². The lowest BCUT2D eigenvalue weighted by Gasteiger charge is -2.36. The SMILES string of the molecule is CC1(C)[C@@H]2CC[C@]13CS(=O)(=O)N(C(=O)c1ccco1)[C@@H]3C2. The largest absolute Gasteiger partial charge is 0.459 e. The Morgan fingerprint density at radius 1 is 1.43 bits per heavy atom. The number of carbonyl (C=O) groups excluding carboxylic acids is 1. The molecule has 0 radical (unpaired) electrons. The number of sulfonamides is 1. The fourth-order valence-electron chi connectivity index (χ4n) is 5.07. The molecule has 3 atom stereocenters. The second-order valence-corrected chi connectivity index (χ2v) is 9.05. The van der Waals surface area contributed by atoms with Crippen LogP contribution in [0, 0.1) is 16.7 Å². The van der Waals surface area contributed by atoms with E-state index in [9.17, 15) is 13.2 Å². The van der Waals surface area contributed by atoms with E-state index in [4.69, 9.17) is 4.42 Å². The van der Waals surface area contributed by atoms with Gasteiger partial charge in [-0.05, 0) is 42.7 Å². The van der Waals surface area contributed by atoms with Crippen molar-refractivity contribution in [2.45, 2.75) is 39.2 Å². The van der Waals surface area contributed by atoms with Gasteiger partial charge in [0.2, 0.25) is 10.0 Å². The van der Waals surface area contributed by atoms with E-state index in [0.717, 1.165) is 23.6 Å². The van der Waals surface area contributed by atoms with Crippen molar-refractivity contribution in [1.29, 1.82) is 0 Å². The molecular formula is C15H19NO4S. The number of amides is 1. The highest BCUT2D eigenvalue weighted by Gasteiger charge is 2.72. The average Bonchev–Trinajstić information content (AvgIpc) is 3.08. The number of nitrogens with zero attached hydrogens (tertiary/aromatic N) is 1. The molecule has 0 N–H and O–H groups in total. The summed E-state index contributed by atoms with van der Waals surface area (Å²) in [4.78, 5) is 12.6. The Balaban J connectivity index is 1.82. The molecule has 0 aromatic carbocycles. The fraction of sp³-hybridized carbons (Fsp3) is 0.667. The molecule has 2 aliphatic carbocycles. The number of hydrogen-bond acceptors (Lipinski definition) is 4. The van der Waals surface area contributed by atoms with E-state index in [1.807, 2.05) is 0 Å². The van der Waals surface area contributed by atoms with Crippen molar-refractivity contribution in [3.63, 3.8) is 0 Å². The fourth-order valence-corrected chi connectivity index (χ4v) is 7.58. The van der Waals surface area contributed by atoms with Crippen LogP contribution in [0.3, 0.4) is 0 Å². The molecule has 2 bridgehead atoms. The monoisotopic (exact) mass is 309 g/mol. The van der Waals surface area contributed by atoms with Crippen molar-refractivity contribution in [3.05, 3.63) is 24.2 Å². The molecule has 3 fully saturated rings. The lowest BCUT2D eigenvalue weighted by molar-refractivity contribution is 0.0673. The average molecular weight is 309 g/mol. The first-order valence-corrected chi connectivity index (χ1v) is 9.00. The molecule has 114 valence electrons. The van der Waals surface area contributed by atoms with Crippen molar-refractivity contribution in [2.75, 3.05) is 5.75 Å². The highest BCUT2D eigenvalue weighted by Crippen LogP contribution is 2.70. The maximum absolute atomic E-state index is 12.6. The van der Waals surface area contributed by atoms with Gasteiger partial charge in [0.25, 0.3) is 0 Å². The molecule has 3 aliphatic rings. The van der Waals surface area contributed by atoms with Crippen molar-refractivity contribution >= 4 is 15.9 Å². The Bertz CT molecular complexity index is 706. The van der Waals surface area contributed by atoms with Gasteiger partial charge >= 0.3 is 5.91 Å². The van der Waals surface area contributed by atoms with Crippen LogP contribution < -0.4 is 0 Å². The predicted molar refractivity (Wildman–Crippen MR) is 76.0 cm³/mol. The molecule has 0 unspecified atom stereocenters. The second kappa shape index (κ2) is 3.72. The summed E-state index contributed by atoms with van der Waals surface area (Å²) in [5, 5.41) is 0. The normalized spacial score (nSPS) is 38.7. The molecule has 1 aromatic heterocycles. The van der Waals surface area contributed by atoms with Crippen molar-refractivity contribution in [2.24, 2.45) is 16.7 Å². The maximum atomic E-state index is 12.6. The Morgan fingerprint density at radius 2 is 2.19 bits per heavy atom. The molecule has 1 aliphatic heterocycles. The molecule has 2 saturated carbocycles. The topological polar surface area (TPSA) is 67.6 Å². The highest BCUT2D eigenvalue weighted by atomic mass is 32.2. The summed E-state index contributed by atoms with van der Waals surface area (Å²) in [6, 6.07) is 2.94. The summed E-state index contributed by atoms with van der Waals surface area (Å²) in [7, 11) is -3.56. The van der Waals surface area contributed by atoms with Gasteiger partial charge in [0.05, 0.1) is 18.1 Å². The lowest BCUT2D eigenvalue weighted by Crippen LogP contribution is -2.44. The second-order valence-electron chi connectivity index (χ2n) is 7.20. The Morgan fingerprint density at radius 3 is 2.81 bits per heavy atom. The summed E-state index contributed by atoms with van der Waals surface area (Å²) in [6.45, 7) is 4.34. The van der Waals surface area contributed by atoms with E-state index in [0.29, 0.717) is 5.92 Å². The van der Waals surface area contributed by atoms with Crippen LogP contribution in [0.25, 0.3) is 0 Å². The third-order valence-electron chi connectivity index (χ3n) is 6.34. The van der Waals surface area contributed by atoms with Gasteiger partial charge in [-0.25, -0.2) is 12.7 Å². The Labute approximate surface area is 124 Å². The van der Waals surface area contributed by atoms with Crippen LogP contribution in [-0.4, -0.2) is 30.4 Å². The van der Waals surface area contributed by atoms with E-state index < -0.39 is 15.9 Å². The van der Waals surface area contributed by atoms with Crippen LogP contribution >= 0.6 is 0 Å². The predicted octanol–water partition coefficient (Wildman–Crippen LogP) is 2.26. The van der Waals surface area contributed by atoms with E-state index in [1.165, 1.54) is 12.3 Å². The first-order chi connectivity index (χ1) is 9.80. The van der Waals surface area contributed by atoms with Crippen LogP contribution in [0.5, 0.6) is 0 Å². The molecule has 5 nitrogen and oxygen atoms in total. The van der Waals surface area contributed by atoms with Gasteiger partial charge in [0, 0.05) is 5.41 Å². The number of hydrogen-bond donors (Lipinski definition) is 0. The molecule has 6 heteroatoms. The minimum Gasteiger partial charge on any atom is -0.459 e. The van der Waals surface area contributed by atoms with Crippen molar-refractivity contribution in [1.82, 2.24) is 4.31 Å². The first kappa shape index (κ1) is 13.4. The van der Waals surface area contributed by atoms with Gasteiger partial charge in [0.15, 0.2) is 5.76 Å². The highest BCUT2D eigenvalue weighted by molar-refractivity contribution is 7.90. The summed E-state index contributed by atoms with van der Waals surface area (Å²) < 4.78 is 31.5. The molecule has 1 saturated heterocycles. The number of fused-ring (bicyclic) bond motifs is 1. The van der Waals surface area contributed by atoms with Gasteiger partial charge < -0.3 is 4.42 Å². The van der Waals surface area contributed by atoms with Crippen LogP contribution in [0.15, 0.2) is 22.8 Å². The van der Waals surface area contributed by atoms with Crippen LogP contribution in [-0.2, 0) is 10.0 Å². The minimum absolute atomic E-state index is 0.0249. The van der Waals surface area contributed by atoms with E-state index in [-0.39, 0.29) is 28.4 Å². The third kappa shape index (κ3) is 1.42. The molecule has 1 aromatic rings. The first-order valence-electron chi connectivity index (χ1n) is 7.39. The molecule has 4 rings (SSSR count). The zero-order chi connectivity index (χ0) is 15.0. The number of carbonyl (C=O) groups is 1. The molecule has 1 amide bonds. The van der Waals surface area contributed by atoms with Crippen LogP contribution in [0.4, 0.5) is 0 Å². The minimum atomic E-state index is -3.56. The zero-order valence-corrected chi connectivity index (χ0v) is 13.0. The third-order valence-corrected chi connectivity index (χ3v) is 8.24. The molecule has 1 spiro atoms.